The maximum atomic E-state index is 13.8. The molecule has 0 saturated carbocycles. The first-order chi connectivity index (χ1) is 19.2. The van der Waals surface area contributed by atoms with Gasteiger partial charge in [0.15, 0.2) is 18.1 Å². The van der Waals surface area contributed by atoms with E-state index in [1.165, 1.54) is 54.6 Å². The van der Waals surface area contributed by atoms with E-state index in [1.807, 2.05) is 0 Å². The van der Waals surface area contributed by atoms with Crippen molar-refractivity contribution >= 4 is 46.9 Å². The second-order valence-electron chi connectivity index (χ2n) is 8.19. The maximum absolute atomic E-state index is 13.8. The molecule has 0 aromatic heterocycles. The fourth-order valence-corrected chi connectivity index (χ4v) is 3.68. The Balaban J connectivity index is 1.54. The number of non-ortho nitro benzene ring substituents is 1. The van der Waals surface area contributed by atoms with E-state index in [-0.39, 0.29) is 40.7 Å². The number of nitrogens with one attached hydrogen (secondary N) is 2. The van der Waals surface area contributed by atoms with E-state index in [2.05, 4.69) is 10.6 Å². The summed E-state index contributed by atoms with van der Waals surface area (Å²) in [5.41, 5.74) is -0.254. The molecule has 3 aromatic rings. The van der Waals surface area contributed by atoms with Gasteiger partial charge in [0, 0.05) is 12.1 Å². The fraction of sp³-hybridized carbons (Fsp3) is 0.111. The van der Waals surface area contributed by atoms with E-state index in [0.717, 1.165) is 12.1 Å². The van der Waals surface area contributed by atoms with Gasteiger partial charge in [-0.1, -0.05) is 18.2 Å². The van der Waals surface area contributed by atoms with Crippen LogP contribution in [0.4, 0.5) is 26.2 Å². The number of benzene rings is 3. The molecule has 1 heterocycles. The van der Waals surface area contributed by atoms with Crippen LogP contribution >= 0.6 is 0 Å². The molecule has 5 amide bonds. The number of imide groups is 2. The SMILES string of the molecule is CCOc1cc(/C=C2/C(=O)NC(=O)N(c3ccc([N+](=O)[O-])cc3)C2=O)ccc1OCC(=O)Nc1ccccc1F. The molecule has 0 atom stereocenters. The maximum Gasteiger partial charge on any atom is 0.335 e. The van der Waals surface area contributed by atoms with E-state index in [0.29, 0.717) is 10.5 Å². The van der Waals surface area contributed by atoms with Crippen LogP contribution in [0.15, 0.2) is 72.3 Å². The number of amides is 5. The molecule has 2 N–H and O–H groups in total. The number of hydrogen-bond donors (Lipinski definition) is 2. The topological polar surface area (TPSA) is 157 Å². The molecule has 12 nitrogen and oxygen atoms in total. The number of nitro benzene ring substituents is 1. The number of carbonyl (C=O) groups excluding carboxylic acids is 4. The Hall–Kier alpha value is -5.59. The van der Waals surface area contributed by atoms with Crippen LogP contribution in [0.5, 0.6) is 11.5 Å². The molecule has 1 aliphatic rings. The average Bonchev–Trinajstić information content (AvgIpc) is 2.92. The summed E-state index contributed by atoms with van der Waals surface area (Å²) in [5.74, 6) is -2.71. The Morgan fingerprint density at radius 3 is 2.45 bits per heavy atom. The Labute approximate surface area is 226 Å². The lowest BCUT2D eigenvalue weighted by molar-refractivity contribution is -0.384. The summed E-state index contributed by atoms with van der Waals surface area (Å²) in [6.07, 6.45) is 1.24. The number of rotatable bonds is 9. The van der Waals surface area contributed by atoms with Crippen molar-refractivity contribution in [2.45, 2.75) is 6.92 Å². The molecule has 1 aliphatic heterocycles. The number of para-hydroxylation sites is 1. The molecule has 13 heteroatoms. The number of carbonyl (C=O) groups is 4. The predicted molar refractivity (Wildman–Crippen MR) is 140 cm³/mol. The predicted octanol–water partition coefficient (Wildman–Crippen LogP) is 3.82. The normalized spacial score (nSPS) is 14.1. The lowest BCUT2D eigenvalue weighted by Gasteiger charge is -2.26. The van der Waals surface area contributed by atoms with Crippen molar-refractivity contribution in [2.24, 2.45) is 0 Å². The van der Waals surface area contributed by atoms with Gasteiger partial charge in [0.25, 0.3) is 23.4 Å². The molecule has 40 heavy (non-hydrogen) atoms. The Bertz CT molecular complexity index is 1540. The van der Waals surface area contributed by atoms with Crippen molar-refractivity contribution in [1.82, 2.24) is 5.32 Å². The van der Waals surface area contributed by atoms with Crippen LogP contribution in [0, 0.1) is 15.9 Å². The van der Waals surface area contributed by atoms with Crippen LogP contribution in [0.1, 0.15) is 12.5 Å². The van der Waals surface area contributed by atoms with E-state index in [4.69, 9.17) is 9.47 Å². The number of anilines is 2. The minimum atomic E-state index is -1.01. The molecule has 0 aliphatic carbocycles. The monoisotopic (exact) mass is 548 g/mol. The largest absolute Gasteiger partial charge is 0.490 e. The van der Waals surface area contributed by atoms with Gasteiger partial charge >= 0.3 is 6.03 Å². The molecule has 0 bridgehead atoms. The Morgan fingerprint density at radius 1 is 1.05 bits per heavy atom. The third-order valence-corrected chi connectivity index (χ3v) is 5.51. The first-order valence-electron chi connectivity index (χ1n) is 11.8. The highest BCUT2D eigenvalue weighted by Crippen LogP contribution is 2.30. The molecule has 0 spiro atoms. The summed E-state index contributed by atoms with van der Waals surface area (Å²) in [4.78, 5) is 61.2. The van der Waals surface area contributed by atoms with Gasteiger partial charge in [0.05, 0.1) is 22.9 Å². The Kier molecular flexibility index (Phi) is 8.13. The zero-order chi connectivity index (χ0) is 28.8. The third-order valence-electron chi connectivity index (χ3n) is 5.51. The first kappa shape index (κ1) is 27.4. The van der Waals surface area contributed by atoms with Gasteiger partial charge in [-0.25, -0.2) is 14.1 Å². The van der Waals surface area contributed by atoms with Crippen LogP contribution in [0.2, 0.25) is 0 Å². The summed E-state index contributed by atoms with van der Waals surface area (Å²) in [7, 11) is 0. The van der Waals surface area contributed by atoms with Gasteiger partial charge in [-0.05, 0) is 55.0 Å². The van der Waals surface area contributed by atoms with Crippen molar-refractivity contribution in [3.8, 4) is 11.5 Å². The highest BCUT2D eigenvalue weighted by molar-refractivity contribution is 6.39. The van der Waals surface area contributed by atoms with Crippen LogP contribution < -0.4 is 25.0 Å². The second kappa shape index (κ2) is 11.9. The van der Waals surface area contributed by atoms with Crippen molar-refractivity contribution in [2.75, 3.05) is 23.4 Å². The standard InChI is InChI=1S/C27H21FN4O8/c1-2-39-23-14-16(7-12-22(23)40-15-24(33)29-21-6-4-3-5-20(21)28)13-19-25(34)30-27(36)31(26(19)35)17-8-10-18(11-9-17)32(37)38/h3-14H,2,15H2,1H3,(H,29,33)(H,30,34,36)/b19-13-. The number of hydrogen-bond acceptors (Lipinski definition) is 8. The van der Waals surface area contributed by atoms with Gasteiger partial charge in [-0.2, -0.15) is 0 Å². The molecule has 204 valence electrons. The van der Waals surface area contributed by atoms with Gasteiger partial charge in [-0.15, -0.1) is 0 Å². The smallest absolute Gasteiger partial charge is 0.335 e. The molecular formula is C27H21FN4O8. The quantitative estimate of drug-likeness (QED) is 0.177. The molecule has 1 saturated heterocycles. The van der Waals surface area contributed by atoms with Gasteiger partial charge in [0.2, 0.25) is 0 Å². The van der Waals surface area contributed by atoms with Gasteiger partial charge in [0.1, 0.15) is 11.4 Å². The lowest BCUT2D eigenvalue weighted by atomic mass is 10.1. The van der Waals surface area contributed by atoms with Gasteiger partial charge in [-0.3, -0.25) is 29.8 Å². The number of nitrogens with zero attached hydrogens (tertiary/aromatic N) is 2. The number of halogens is 1. The number of urea groups is 1. The molecule has 0 radical (unpaired) electrons. The van der Waals surface area contributed by atoms with Crippen molar-refractivity contribution in [3.05, 3.63) is 93.8 Å². The summed E-state index contributed by atoms with van der Waals surface area (Å²) in [6.45, 7) is 1.48. The van der Waals surface area contributed by atoms with Crippen LogP contribution in [0.3, 0.4) is 0 Å². The molecular weight excluding hydrogens is 527 g/mol. The second-order valence-corrected chi connectivity index (χ2v) is 8.19. The highest BCUT2D eigenvalue weighted by Gasteiger charge is 2.37. The van der Waals surface area contributed by atoms with E-state index >= 15 is 0 Å². The van der Waals surface area contributed by atoms with E-state index in [9.17, 15) is 33.7 Å². The number of barbiturate groups is 1. The van der Waals surface area contributed by atoms with Gasteiger partial charge < -0.3 is 14.8 Å². The van der Waals surface area contributed by atoms with E-state index in [1.54, 1.807) is 13.0 Å². The summed E-state index contributed by atoms with van der Waals surface area (Å²) in [5, 5.41) is 15.4. The molecule has 1 fully saturated rings. The lowest BCUT2D eigenvalue weighted by Crippen LogP contribution is -2.54. The molecule has 0 unspecified atom stereocenters. The van der Waals surface area contributed by atoms with Crippen molar-refractivity contribution in [1.29, 1.82) is 0 Å². The van der Waals surface area contributed by atoms with Crippen molar-refractivity contribution in [3.63, 3.8) is 0 Å². The third kappa shape index (κ3) is 6.10. The fourth-order valence-electron chi connectivity index (χ4n) is 3.68. The first-order valence-corrected chi connectivity index (χ1v) is 11.8. The summed E-state index contributed by atoms with van der Waals surface area (Å²) in [6, 6.07) is 13.7. The van der Waals surface area contributed by atoms with Crippen LogP contribution in [0.25, 0.3) is 6.08 Å². The summed E-state index contributed by atoms with van der Waals surface area (Å²) >= 11 is 0. The average molecular weight is 548 g/mol. The minimum absolute atomic E-state index is 0.000202. The van der Waals surface area contributed by atoms with Crippen molar-refractivity contribution < 1.29 is 38.0 Å². The molecule has 3 aromatic carbocycles. The minimum Gasteiger partial charge on any atom is -0.490 e. The zero-order valence-corrected chi connectivity index (χ0v) is 20.9. The van der Waals surface area contributed by atoms with Crippen LogP contribution in [-0.2, 0) is 14.4 Å². The number of ether oxygens (including phenoxy) is 2. The van der Waals surface area contributed by atoms with E-state index < -0.39 is 41.1 Å². The molecule has 4 rings (SSSR count). The van der Waals surface area contributed by atoms with Crippen LogP contribution in [-0.4, -0.2) is 41.9 Å². The highest BCUT2D eigenvalue weighted by atomic mass is 19.1. The number of nitro groups is 1. The zero-order valence-electron chi connectivity index (χ0n) is 20.9. The Morgan fingerprint density at radius 2 is 1.77 bits per heavy atom. The summed E-state index contributed by atoms with van der Waals surface area (Å²) < 4.78 is 24.9.